The average Bonchev–Trinajstić information content (AvgIpc) is 2.68. The molecular formula is C11H10F3NS. The van der Waals surface area contributed by atoms with Gasteiger partial charge in [0.2, 0.25) is 4.87 Å². The lowest BCUT2D eigenvalue weighted by Crippen LogP contribution is -2.36. The molecule has 1 heterocycles. The van der Waals surface area contributed by atoms with Crippen LogP contribution in [0.3, 0.4) is 0 Å². The molecule has 1 atom stereocenters. The first kappa shape index (κ1) is 11.5. The van der Waals surface area contributed by atoms with Gasteiger partial charge in [-0.1, -0.05) is 29.8 Å². The van der Waals surface area contributed by atoms with Gasteiger partial charge < -0.3 is 0 Å². The van der Waals surface area contributed by atoms with Gasteiger partial charge in [-0.25, -0.2) is 0 Å². The predicted octanol–water partition coefficient (Wildman–Crippen LogP) is 3.53. The molecule has 0 aliphatic carbocycles. The van der Waals surface area contributed by atoms with Crippen molar-refractivity contribution in [2.24, 2.45) is 4.99 Å². The summed E-state index contributed by atoms with van der Waals surface area (Å²) < 4.78 is 39.2. The van der Waals surface area contributed by atoms with Crippen molar-refractivity contribution in [1.82, 2.24) is 0 Å². The van der Waals surface area contributed by atoms with E-state index in [0.29, 0.717) is 5.75 Å². The Labute approximate surface area is 95.8 Å². The van der Waals surface area contributed by atoms with Crippen LogP contribution < -0.4 is 0 Å². The maximum atomic E-state index is 13.1. The van der Waals surface area contributed by atoms with Crippen LogP contribution >= 0.6 is 11.8 Å². The first-order valence-electron chi connectivity index (χ1n) is 4.77. The summed E-state index contributed by atoms with van der Waals surface area (Å²) in [5, 5.41) is 0. The maximum absolute atomic E-state index is 13.1. The standard InChI is InChI=1S/C11H10F3NS/c1-8-2-4-9(5-3-8)10(11(12,13)14)15-6-7-16-10/h2-6H,7H2,1H3. The van der Waals surface area contributed by atoms with E-state index in [1.54, 1.807) is 12.1 Å². The number of alkyl halides is 3. The van der Waals surface area contributed by atoms with Crippen molar-refractivity contribution in [2.45, 2.75) is 18.0 Å². The van der Waals surface area contributed by atoms with Crippen molar-refractivity contribution in [2.75, 3.05) is 5.75 Å². The zero-order valence-electron chi connectivity index (χ0n) is 8.58. The van der Waals surface area contributed by atoms with Crippen molar-refractivity contribution < 1.29 is 13.2 Å². The number of nitrogens with zero attached hydrogens (tertiary/aromatic N) is 1. The van der Waals surface area contributed by atoms with E-state index in [1.165, 1.54) is 18.3 Å². The Morgan fingerprint density at radius 3 is 2.31 bits per heavy atom. The lowest BCUT2D eigenvalue weighted by atomic mass is 10.0. The largest absolute Gasteiger partial charge is 0.427 e. The molecule has 86 valence electrons. The molecule has 1 aromatic rings. The second-order valence-corrected chi connectivity index (χ2v) is 4.84. The lowest BCUT2D eigenvalue weighted by Gasteiger charge is -2.28. The van der Waals surface area contributed by atoms with Crippen LogP contribution in [-0.2, 0) is 4.87 Å². The normalized spacial score (nSPS) is 25.0. The van der Waals surface area contributed by atoms with Gasteiger partial charge in [-0.15, -0.1) is 11.8 Å². The summed E-state index contributed by atoms with van der Waals surface area (Å²) in [6, 6.07) is 6.35. The average molecular weight is 245 g/mol. The smallest absolute Gasteiger partial charge is 0.265 e. The van der Waals surface area contributed by atoms with Gasteiger partial charge in [0, 0.05) is 12.0 Å². The number of thioether (sulfide) groups is 1. The second-order valence-electron chi connectivity index (χ2n) is 3.63. The van der Waals surface area contributed by atoms with Gasteiger partial charge in [-0.3, -0.25) is 4.99 Å². The van der Waals surface area contributed by atoms with Crippen LogP contribution in [0, 0.1) is 6.92 Å². The first-order chi connectivity index (χ1) is 7.46. The van der Waals surface area contributed by atoms with Crippen LogP contribution in [0.2, 0.25) is 0 Å². The Balaban J connectivity index is 2.49. The Kier molecular flexibility index (Phi) is 2.74. The topological polar surface area (TPSA) is 12.4 Å². The van der Waals surface area contributed by atoms with E-state index in [2.05, 4.69) is 4.99 Å². The highest BCUT2D eigenvalue weighted by atomic mass is 32.2. The van der Waals surface area contributed by atoms with Crippen molar-refractivity contribution >= 4 is 18.0 Å². The summed E-state index contributed by atoms with van der Waals surface area (Å²) in [5.74, 6) is 0.299. The minimum Gasteiger partial charge on any atom is -0.265 e. The summed E-state index contributed by atoms with van der Waals surface area (Å²) >= 11 is 0.808. The van der Waals surface area contributed by atoms with Crippen LogP contribution in [0.4, 0.5) is 13.2 Å². The first-order valence-corrected chi connectivity index (χ1v) is 5.76. The zero-order chi connectivity index (χ0) is 11.8. The molecule has 0 fully saturated rings. The van der Waals surface area contributed by atoms with Gasteiger partial charge in [0.05, 0.1) is 0 Å². The maximum Gasteiger partial charge on any atom is 0.427 e. The monoisotopic (exact) mass is 245 g/mol. The van der Waals surface area contributed by atoms with Gasteiger partial charge in [0.25, 0.3) is 0 Å². The summed E-state index contributed by atoms with van der Waals surface area (Å²) in [4.78, 5) is 1.55. The Morgan fingerprint density at radius 1 is 1.25 bits per heavy atom. The van der Waals surface area contributed by atoms with Gasteiger partial charge in [0.1, 0.15) is 0 Å². The SMILES string of the molecule is Cc1ccc(C2(C(F)(F)F)N=CCS2)cc1. The highest BCUT2D eigenvalue weighted by Crippen LogP contribution is 2.52. The predicted molar refractivity (Wildman–Crippen MR) is 59.9 cm³/mol. The van der Waals surface area contributed by atoms with Gasteiger partial charge >= 0.3 is 6.18 Å². The molecule has 0 amide bonds. The third-order valence-electron chi connectivity index (χ3n) is 2.47. The van der Waals surface area contributed by atoms with Crippen molar-refractivity contribution in [3.05, 3.63) is 35.4 Å². The molecule has 1 nitrogen and oxygen atoms in total. The zero-order valence-corrected chi connectivity index (χ0v) is 9.40. The van der Waals surface area contributed by atoms with Crippen LogP contribution in [0.15, 0.2) is 29.3 Å². The summed E-state index contributed by atoms with van der Waals surface area (Å²) in [6.07, 6.45) is -3.03. The molecule has 0 saturated carbocycles. The summed E-state index contributed by atoms with van der Waals surface area (Å²) in [7, 11) is 0. The van der Waals surface area contributed by atoms with Crippen LogP contribution in [0.25, 0.3) is 0 Å². The fourth-order valence-electron chi connectivity index (χ4n) is 1.62. The van der Waals surface area contributed by atoms with E-state index in [9.17, 15) is 13.2 Å². The number of hydrogen-bond donors (Lipinski definition) is 0. The van der Waals surface area contributed by atoms with Crippen LogP contribution in [0.1, 0.15) is 11.1 Å². The molecule has 0 radical (unpaired) electrons. The van der Waals surface area contributed by atoms with E-state index >= 15 is 0 Å². The van der Waals surface area contributed by atoms with Gasteiger partial charge in [-0.2, -0.15) is 13.2 Å². The molecule has 2 rings (SSSR count). The Hall–Kier alpha value is -0.970. The summed E-state index contributed by atoms with van der Waals surface area (Å²) in [6.45, 7) is 1.84. The molecule has 0 spiro atoms. The fraction of sp³-hybridized carbons (Fsp3) is 0.364. The second kappa shape index (κ2) is 3.80. The summed E-state index contributed by atoms with van der Waals surface area (Å²) in [5.41, 5.74) is 1.14. The van der Waals surface area contributed by atoms with E-state index in [1.807, 2.05) is 6.92 Å². The van der Waals surface area contributed by atoms with Crippen LogP contribution in [0.5, 0.6) is 0 Å². The molecule has 1 aliphatic rings. The third-order valence-corrected chi connectivity index (χ3v) is 3.77. The highest BCUT2D eigenvalue weighted by Gasteiger charge is 2.57. The molecule has 0 saturated heterocycles. The minimum absolute atomic E-state index is 0.198. The van der Waals surface area contributed by atoms with E-state index in [-0.39, 0.29) is 5.56 Å². The molecular weight excluding hydrogens is 235 g/mol. The minimum atomic E-state index is -4.36. The Morgan fingerprint density at radius 2 is 1.88 bits per heavy atom. The number of aliphatic imine (C=N–C) groups is 1. The molecule has 1 aliphatic heterocycles. The van der Waals surface area contributed by atoms with E-state index < -0.39 is 11.0 Å². The Bertz CT molecular complexity index is 410. The van der Waals surface area contributed by atoms with Crippen molar-refractivity contribution in [3.63, 3.8) is 0 Å². The quantitative estimate of drug-likeness (QED) is 0.737. The van der Waals surface area contributed by atoms with E-state index in [4.69, 9.17) is 0 Å². The molecule has 1 aromatic carbocycles. The van der Waals surface area contributed by atoms with Crippen molar-refractivity contribution in [1.29, 1.82) is 0 Å². The third kappa shape index (κ3) is 1.73. The van der Waals surface area contributed by atoms with Crippen LogP contribution in [-0.4, -0.2) is 18.1 Å². The molecule has 1 unspecified atom stereocenters. The number of hydrogen-bond acceptors (Lipinski definition) is 2. The lowest BCUT2D eigenvalue weighted by molar-refractivity contribution is -0.159. The number of aryl methyl sites for hydroxylation is 1. The molecule has 16 heavy (non-hydrogen) atoms. The number of benzene rings is 1. The van der Waals surface area contributed by atoms with Gasteiger partial charge in [0.15, 0.2) is 0 Å². The highest BCUT2D eigenvalue weighted by molar-refractivity contribution is 8.01. The fourth-order valence-corrected chi connectivity index (χ4v) is 2.62. The van der Waals surface area contributed by atoms with E-state index in [0.717, 1.165) is 17.3 Å². The van der Waals surface area contributed by atoms with Crippen molar-refractivity contribution in [3.8, 4) is 0 Å². The molecule has 0 aromatic heterocycles. The van der Waals surface area contributed by atoms with Gasteiger partial charge in [-0.05, 0) is 12.5 Å². The number of rotatable bonds is 1. The molecule has 5 heteroatoms. The molecule has 0 bridgehead atoms. The number of halogens is 3. The molecule has 0 N–H and O–H groups in total.